The standard InChI is InChI=1S/C67H126O6/c1-4-7-10-13-16-19-22-24-26-27-28-29-30-31-32-33-34-35-36-37-38-39-41-42-45-48-51-54-57-60-66(69)72-63-64(62-71-65(68)59-56-53-50-47-44-21-18-15-12-9-6-3)73-67(70)61-58-55-52-49-46-43-40-25-23-20-17-14-11-8-5-2/h17,20,25,40,64H,4-16,18-19,21-24,26-39,41-63H2,1-3H3/b20-17-,40-25-. The van der Waals surface area contributed by atoms with E-state index in [1.54, 1.807) is 0 Å². The number of carbonyl (C=O) groups excluding carboxylic acids is 3. The van der Waals surface area contributed by atoms with Gasteiger partial charge in [-0.3, -0.25) is 14.4 Å². The summed E-state index contributed by atoms with van der Waals surface area (Å²) in [6.07, 6.45) is 75.0. The summed E-state index contributed by atoms with van der Waals surface area (Å²) in [6.45, 7) is 6.66. The Labute approximate surface area is 455 Å². The van der Waals surface area contributed by atoms with Crippen molar-refractivity contribution in [3.63, 3.8) is 0 Å². The van der Waals surface area contributed by atoms with E-state index in [1.165, 1.54) is 250 Å². The van der Waals surface area contributed by atoms with E-state index in [4.69, 9.17) is 14.2 Å². The fourth-order valence-electron chi connectivity index (χ4n) is 10.0. The molecular weight excluding hydrogens is 901 g/mol. The number of carbonyl (C=O) groups is 3. The lowest BCUT2D eigenvalue weighted by molar-refractivity contribution is -0.167. The number of ether oxygens (including phenoxy) is 3. The van der Waals surface area contributed by atoms with Gasteiger partial charge in [0.05, 0.1) is 0 Å². The first kappa shape index (κ1) is 70.9. The van der Waals surface area contributed by atoms with Crippen LogP contribution < -0.4 is 0 Å². The van der Waals surface area contributed by atoms with Crippen LogP contribution >= 0.6 is 0 Å². The molecule has 0 aromatic carbocycles. The minimum Gasteiger partial charge on any atom is -0.462 e. The number of allylic oxidation sites excluding steroid dienone is 4. The van der Waals surface area contributed by atoms with E-state index in [0.29, 0.717) is 19.3 Å². The molecule has 6 heteroatoms. The number of rotatable bonds is 61. The van der Waals surface area contributed by atoms with Gasteiger partial charge in [-0.05, 0) is 51.4 Å². The highest BCUT2D eigenvalue weighted by Gasteiger charge is 2.19. The van der Waals surface area contributed by atoms with Gasteiger partial charge in [0.25, 0.3) is 0 Å². The molecule has 0 fully saturated rings. The second-order valence-electron chi connectivity index (χ2n) is 22.4. The summed E-state index contributed by atoms with van der Waals surface area (Å²) in [5.74, 6) is -0.862. The molecule has 0 aromatic heterocycles. The minimum atomic E-state index is -0.774. The minimum absolute atomic E-state index is 0.0714. The summed E-state index contributed by atoms with van der Waals surface area (Å²) in [5, 5.41) is 0. The first-order valence-corrected chi connectivity index (χ1v) is 32.8. The Morgan fingerprint density at radius 1 is 0.274 bits per heavy atom. The lowest BCUT2D eigenvalue weighted by Gasteiger charge is -2.18. The molecule has 0 saturated carbocycles. The number of unbranched alkanes of at least 4 members (excludes halogenated alkanes) is 46. The van der Waals surface area contributed by atoms with Crippen molar-refractivity contribution in [1.82, 2.24) is 0 Å². The molecule has 1 unspecified atom stereocenters. The number of hydrogen-bond donors (Lipinski definition) is 0. The van der Waals surface area contributed by atoms with E-state index >= 15 is 0 Å². The maximum absolute atomic E-state index is 12.9. The highest BCUT2D eigenvalue weighted by molar-refractivity contribution is 5.71. The van der Waals surface area contributed by atoms with Crippen molar-refractivity contribution in [1.29, 1.82) is 0 Å². The molecule has 0 bridgehead atoms. The van der Waals surface area contributed by atoms with Gasteiger partial charge >= 0.3 is 17.9 Å². The largest absolute Gasteiger partial charge is 0.462 e. The third kappa shape index (κ3) is 60.6. The van der Waals surface area contributed by atoms with Crippen molar-refractivity contribution in [3.8, 4) is 0 Å². The quantitative estimate of drug-likeness (QED) is 0.0261. The molecular formula is C67H126O6. The molecule has 0 rings (SSSR count). The topological polar surface area (TPSA) is 78.9 Å². The molecule has 0 N–H and O–H groups in total. The molecule has 0 aromatic rings. The maximum Gasteiger partial charge on any atom is 0.306 e. The zero-order chi connectivity index (χ0) is 52.9. The second kappa shape index (κ2) is 62.4. The molecule has 0 aliphatic carbocycles. The Morgan fingerprint density at radius 2 is 0.493 bits per heavy atom. The van der Waals surface area contributed by atoms with E-state index in [9.17, 15) is 14.4 Å². The Morgan fingerprint density at radius 3 is 0.781 bits per heavy atom. The van der Waals surface area contributed by atoms with Crippen LogP contribution in [0.25, 0.3) is 0 Å². The van der Waals surface area contributed by atoms with Crippen LogP contribution in [0.2, 0.25) is 0 Å². The summed E-state index contributed by atoms with van der Waals surface area (Å²) in [4.78, 5) is 38.2. The number of hydrogen-bond acceptors (Lipinski definition) is 6. The van der Waals surface area contributed by atoms with Crippen molar-refractivity contribution >= 4 is 17.9 Å². The fourth-order valence-corrected chi connectivity index (χ4v) is 10.0. The van der Waals surface area contributed by atoms with Crippen molar-refractivity contribution in [2.75, 3.05) is 13.2 Å². The molecule has 0 radical (unpaired) electrons. The van der Waals surface area contributed by atoms with Crippen LogP contribution in [-0.4, -0.2) is 37.2 Å². The molecule has 73 heavy (non-hydrogen) atoms. The van der Waals surface area contributed by atoms with E-state index in [0.717, 1.165) is 77.0 Å². The predicted molar refractivity (Wildman–Crippen MR) is 316 cm³/mol. The normalized spacial score (nSPS) is 12.1. The van der Waals surface area contributed by atoms with Crippen LogP contribution in [0.5, 0.6) is 0 Å². The summed E-state index contributed by atoms with van der Waals surface area (Å²) < 4.78 is 16.9. The highest BCUT2D eigenvalue weighted by atomic mass is 16.6. The Kier molecular flexibility index (Phi) is 60.6. The molecule has 430 valence electrons. The van der Waals surface area contributed by atoms with Crippen LogP contribution in [-0.2, 0) is 28.6 Å². The average Bonchev–Trinajstić information content (AvgIpc) is 3.39. The third-order valence-electron chi connectivity index (χ3n) is 15.0. The van der Waals surface area contributed by atoms with E-state index in [-0.39, 0.29) is 31.1 Å². The first-order chi connectivity index (χ1) is 36.0. The molecule has 1 atom stereocenters. The molecule has 0 saturated heterocycles. The van der Waals surface area contributed by atoms with E-state index in [1.807, 2.05) is 0 Å². The highest BCUT2D eigenvalue weighted by Crippen LogP contribution is 2.18. The molecule has 6 nitrogen and oxygen atoms in total. The van der Waals surface area contributed by atoms with Gasteiger partial charge in [-0.15, -0.1) is 0 Å². The van der Waals surface area contributed by atoms with Crippen LogP contribution in [0.15, 0.2) is 24.3 Å². The molecule has 0 amide bonds. The van der Waals surface area contributed by atoms with E-state index < -0.39 is 6.10 Å². The zero-order valence-electron chi connectivity index (χ0n) is 49.4. The molecule has 0 aliphatic rings. The fraction of sp³-hybridized carbons (Fsp3) is 0.896. The molecule has 0 spiro atoms. The van der Waals surface area contributed by atoms with Crippen LogP contribution in [0.3, 0.4) is 0 Å². The van der Waals surface area contributed by atoms with Gasteiger partial charge in [-0.25, -0.2) is 0 Å². The average molecular weight is 1030 g/mol. The van der Waals surface area contributed by atoms with Gasteiger partial charge in [0, 0.05) is 19.3 Å². The molecule has 0 aliphatic heterocycles. The van der Waals surface area contributed by atoms with Gasteiger partial charge in [-0.2, -0.15) is 0 Å². The van der Waals surface area contributed by atoms with Gasteiger partial charge in [0.2, 0.25) is 0 Å². The maximum atomic E-state index is 12.9. The van der Waals surface area contributed by atoms with Gasteiger partial charge < -0.3 is 14.2 Å². The lowest BCUT2D eigenvalue weighted by atomic mass is 10.0. The van der Waals surface area contributed by atoms with Crippen molar-refractivity contribution in [3.05, 3.63) is 24.3 Å². The van der Waals surface area contributed by atoms with Gasteiger partial charge in [0.1, 0.15) is 13.2 Å². The summed E-state index contributed by atoms with van der Waals surface area (Å²) in [5.41, 5.74) is 0. The van der Waals surface area contributed by atoms with Crippen molar-refractivity contribution in [2.24, 2.45) is 0 Å². The van der Waals surface area contributed by atoms with Crippen molar-refractivity contribution in [2.45, 2.75) is 374 Å². The summed E-state index contributed by atoms with van der Waals surface area (Å²) >= 11 is 0. The Bertz CT molecular complexity index is 1180. The van der Waals surface area contributed by atoms with E-state index in [2.05, 4.69) is 45.1 Å². The van der Waals surface area contributed by atoms with Crippen LogP contribution in [0.4, 0.5) is 0 Å². The summed E-state index contributed by atoms with van der Waals surface area (Å²) in [7, 11) is 0. The number of esters is 3. The monoisotopic (exact) mass is 1030 g/mol. The third-order valence-corrected chi connectivity index (χ3v) is 15.0. The summed E-state index contributed by atoms with van der Waals surface area (Å²) in [6, 6.07) is 0. The SMILES string of the molecule is CCCCC/C=C\C/C=C\CCCCCCCC(=O)OC(COC(=O)CCCCCCCCCCCCC)COC(=O)CCCCCCCCCCCCCCCCCCCCCCCCCCCCCCC. The predicted octanol–water partition coefficient (Wildman–Crippen LogP) is 22.2. The smallest absolute Gasteiger partial charge is 0.306 e. The Hall–Kier alpha value is -2.11. The van der Waals surface area contributed by atoms with Crippen LogP contribution in [0, 0.1) is 0 Å². The first-order valence-electron chi connectivity index (χ1n) is 32.8. The Balaban J connectivity index is 4.10. The van der Waals surface area contributed by atoms with Crippen molar-refractivity contribution < 1.29 is 28.6 Å². The van der Waals surface area contributed by atoms with Gasteiger partial charge in [0.15, 0.2) is 6.10 Å². The van der Waals surface area contributed by atoms with Crippen LogP contribution in [0.1, 0.15) is 367 Å². The lowest BCUT2D eigenvalue weighted by Crippen LogP contribution is -2.30. The second-order valence-corrected chi connectivity index (χ2v) is 22.4. The zero-order valence-corrected chi connectivity index (χ0v) is 49.4. The molecule has 0 heterocycles. The van der Waals surface area contributed by atoms with Gasteiger partial charge in [-0.1, -0.05) is 321 Å².